The van der Waals surface area contributed by atoms with Gasteiger partial charge in [0.1, 0.15) is 0 Å². The van der Waals surface area contributed by atoms with E-state index in [1.165, 1.54) is 0 Å². The van der Waals surface area contributed by atoms with Crippen LogP contribution in [-0.4, -0.2) is 12.4 Å². The lowest BCUT2D eigenvalue weighted by Gasteiger charge is -2.38. The van der Waals surface area contributed by atoms with E-state index < -0.39 is 30.6 Å². The SMILES string of the molecule is CC1CCCCC(C(F)(F)F)(C(F)(F)F)CCCC1. The molecule has 0 atom stereocenters. The highest BCUT2D eigenvalue weighted by molar-refractivity contribution is 4.93. The summed E-state index contributed by atoms with van der Waals surface area (Å²) >= 11 is 0. The summed E-state index contributed by atoms with van der Waals surface area (Å²) in [5.74, 6) is 0.393. The minimum atomic E-state index is -5.21. The third-order valence-corrected chi connectivity index (χ3v) is 4.19. The predicted octanol–water partition coefficient (Wildman–Crippen LogP) is 5.87. The molecule has 0 radical (unpaired) electrons. The van der Waals surface area contributed by atoms with Gasteiger partial charge in [-0.05, 0) is 18.8 Å². The number of hydrogen-bond donors (Lipinski definition) is 0. The number of rotatable bonds is 0. The average molecular weight is 290 g/mol. The van der Waals surface area contributed by atoms with E-state index in [-0.39, 0.29) is 12.8 Å². The van der Waals surface area contributed by atoms with Crippen LogP contribution in [0.2, 0.25) is 0 Å². The zero-order chi connectivity index (χ0) is 14.7. The summed E-state index contributed by atoms with van der Waals surface area (Å²) in [5.41, 5.74) is -3.50. The Hall–Kier alpha value is -0.420. The van der Waals surface area contributed by atoms with Crippen LogP contribution in [-0.2, 0) is 0 Å². The van der Waals surface area contributed by atoms with Crippen LogP contribution in [0.3, 0.4) is 0 Å². The first kappa shape index (κ1) is 16.6. The molecule has 114 valence electrons. The maximum atomic E-state index is 13.0. The van der Waals surface area contributed by atoms with Gasteiger partial charge in [-0.25, -0.2) is 0 Å². The molecule has 1 fully saturated rings. The summed E-state index contributed by atoms with van der Waals surface area (Å²) in [6, 6.07) is 0. The molecule has 0 amide bonds. The maximum Gasteiger partial charge on any atom is 0.403 e. The molecule has 1 aliphatic rings. The first-order valence-corrected chi connectivity index (χ1v) is 6.73. The van der Waals surface area contributed by atoms with E-state index in [4.69, 9.17) is 0 Å². The quantitative estimate of drug-likeness (QED) is 0.489. The largest absolute Gasteiger partial charge is 0.403 e. The van der Waals surface area contributed by atoms with Crippen molar-refractivity contribution in [2.45, 2.75) is 70.6 Å². The van der Waals surface area contributed by atoms with Crippen LogP contribution >= 0.6 is 0 Å². The van der Waals surface area contributed by atoms with Crippen molar-refractivity contribution in [3.8, 4) is 0 Å². The van der Waals surface area contributed by atoms with Gasteiger partial charge in [-0.15, -0.1) is 0 Å². The van der Waals surface area contributed by atoms with Crippen LogP contribution < -0.4 is 0 Å². The van der Waals surface area contributed by atoms with Gasteiger partial charge in [0, 0.05) is 0 Å². The molecular formula is C13H20F6. The molecule has 1 rings (SSSR count). The molecule has 1 saturated carbocycles. The molecule has 0 aliphatic heterocycles. The van der Waals surface area contributed by atoms with Crippen LogP contribution in [0.15, 0.2) is 0 Å². The molecule has 0 aromatic rings. The Balaban J connectivity index is 2.94. The minimum absolute atomic E-state index is 0.0106. The van der Waals surface area contributed by atoms with Crippen molar-refractivity contribution in [1.29, 1.82) is 0 Å². The Morgan fingerprint density at radius 3 is 1.42 bits per heavy atom. The fraction of sp³-hybridized carbons (Fsp3) is 1.00. The Morgan fingerprint density at radius 1 is 0.737 bits per heavy atom. The van der Waals surface area contributed by atoms with Gasteiger partial charge < -0.3 is 0 Å². The monoisotopic (exact) mass is 290 g/mol. The highest BCUT2D eigenvalue weighted by Crippen LogP contribution is 2.56. The first-order valence-electron chi connectivity index (χ1n) is 6.73. The van der Waals surface area contributed by atoms with Crippen molar-refractivity contribution >= 4 is 0 Å². The molecular weight excluding hydrogens is 270 g/mol. The van der Waals surface area contributed by atoms with Gasteiger partial charge in [-0.3, -0.25) is 0 Å². The normalized spacial score (nSPS) is 24.2. The van der Waals surface area contributed by atoms with Crippen LogP contribution in [0.25, 0.3) is 0 Å². The minimum Gasteiger partial charge on any atom is -0.170 e. The second kappa shape index (κ2) is 5.92. The zero-order valence-electron chi connectivity index (χ0n) is 11.0. The van der Waals surface area contributed by atoms with E-state index in [1.54, 1.807) is 0 Å². The van der Waals surface area contributed by atoms with Crippen LogP contribution in [0.1, 0.15) is 58.3 Å². The molecule has 0 saturated heterocycles. The first-order chi connectivity index (χ1) is 8.60. The lowest BCUT2D eigenvalue weighted by Crippen LogP contribution is -2.50. The van der Waals surface area contributed by atoms with Crippen LogP contribution in [0, 0.1) is 11.3 Å². The van der Waals surface area contributed by atoms with Gasteiger partial charge in [0.05, 0.1) is 0 Å². The van der Waals surface area contributed by atoms with Crippen molar-refractivity contribution in [3.05, 3.63) is 0 Å². The van der Waals surface area contributed by atoms with Gasteiger partial charge in [0.25, 0.3) is 0 Å². The topological polar surface area (TPSA) is 0 Å². The molecule has 0 aromatic carbocycles. The predicted molar refractivity (Wildman–Crippen MR) is 60.6 cm³/mol. The van der Waals surface area contributed by atoms with E-state index in [2.05, 4.69) is 0 Å². The molecule has 0 aromatic heterocycles. The highest BCUT2D eigenvalue weighted by atomic mass is 19.4. The lowest BCUT2D eigenvalue weighted by molar-refractivity contribution is -0.346. The number of halogens is 6. The number of alkyl halides is 6. The Labute approximate surface area is 109 Å². The van der Waals surface area contributed by atoms with E-state index in [0.29, 0.717) is 31.6 Å². The fourth-order valence-corrected chi connectivity index (χ4v) is 2.84. The van der Waals surface area contributed by atoms with E-state index in [0.717, 1.165) is 0 Å². The molecule has 0 spiro atoms. The Kier molecular flexibility index (Phi) is 5.18. The number of hydrogen-bond acceptors (Lipinski definition) is 0. The van der Waals surface area contributed by atoms with E-state index in [1.807, 2.05) is 6.92 Å². The molecule has 6 heteroatoms. The summed E-state index contributed by atoms with van der Waals surface area (Å²) in [5, 5.41) is 0. The maximum absolute atomic E-state index is 13.0. The van der Waals surface area contributed by atoms with E-state index in [9.17, 15) is 26.3 Å². The van der Waals surface area contributed by atoms with Crippen molar-refractivity contribution in [1.82, 2.24) is 0 Å². The lowest BCUT2D eigenvalue weighted by atomic mass is 9.75. The summed E-state index contributed by atoms with van der Waals surface area (Å²) in [6.07, 6.45) is -9.79. The third kappa shape index (κ3) is 3.78. The second-order valence-electron chi connectivity index (χ2n) is 5.67. The Bertz CT molecular complexity index is 250. The third-order valence-electron chi connectivity index (χ3n) is 4.19. The van der Waals surface area contributed by atoms with Gasteiger partial charge >= 0.3 is 12.4 Å². The summed E-state index contributed by atoms with van der Waals surface area (Å²) in [4.78, 5) is 0. The molecule has 19 heavy (non-hydrogen) atoms. The standard InChI is InChI=1S/C13H20F6/c1-10-6-2-4-8-11(12(14,15)16,13(17,18)19)9-5-3-7-10/h10H,2-9H2,1H3. The molecule has 0 unspecified atom stereocenters. The smallest absolute Gasteiger partial charge is 0.170 e. The summed E-state index contributed by atoms with van der Waals surface area (Å²) < 4.78 is 78.0. The van der Waals surface area contributed by atoms with Crippen LogP contribution in [0.4, 0.5) is 26.3 Å². The fourth-order valence-electron chi connectivity index (χ4n) is 2.84. The highest BCUT2D eigenvalue weighted by Gasteiger charge is 2.69. The molecule has 1 aliphatic carbocycles. The molecule has 0 N–H and O–H groups in total. The van der Waals surface area contributed by atoms with Crippen molar-refractivity contribution < 1.29 is 26.3 Å². The molecule has 0 nitrogen and oxygen atoms in total. The van der Waals surface area contributed by atoms with Crippen molar-refractivity contribution in [2.75, 3.05) is 0 Å². The molecule has 0 heterocycles. The van der Waals surface area contributed by atoms with E-state index >= 15 is 0 Å². The zero-order valence-corrected chi connectivity index (χ0v) is 11.0. The Morgan fingerprint density at radius 2 is 1.11 bits per heavy atom. The van der Waals surface area contributed by atoms with Gasteiger partial charge in [0.15, 0.2) is 5.41 Å². The van der Waals surface area contributed by atoms with Crippen molar-refractivity contribution in [3.63, 3.8) is 0 Å². The average Bonchev–Trinajstić information content (AvgIpc) is 2.24. The van der Waals surface area contributed by atoms with Gasteiger partial charge in [-0.1, -0.05) is 45.4 Å². The van der Waals surface area contributed by atoms with Crippen LogP contribution in [0.5, 0.6) is 0 Å². The summed E-state index contributed by atoms with van der Waals surface area (Å²) in [7, 11) is 0. The second-order valence-corrected chi connectivity index (χ2v) is 5.67. The van der Waals surface area contributed by atoms with Crippen molar-refractivity contribution in [2.24, 2.45) is 11.3 Å². The molecule has 0 bridgehead atoms. The van der Waals surface area contributed by atoms with Gasteiger partial charge in [0.2, 0.25) is 0 Å². The van der Waals surface area contributed by atoms with Gasteiger partial charge in [-0.2, -0.15) is 26.3 Å². The summed E-state index contributed by atoms with van der Waals surface area (Å²) in [6.45, 7) is 2.00.